The molecule has 0 aromatic heterocycles. The van der Waals surface area contributed by atoms with Crippen LogP contribution in [0.5, 0.6) is 0 Å². The van der Waals surface area contributed by atoms with E-state index in [0.29, 0.717) is 5.92 Å². The Morgan fingerprint density at radius 1 is 1.00 bits per heavy atom. The highest BCUT2D eigenvalue weighted by molar-refractivity contribution is 6.58. The fourth-order valence-electron chi connectivity index (χ4n) is 1.99. The van der Waals surface area contributed by atoms with Gasteiger partial charge in [0.2, 0.25) is 0 Å². The molecule has 0 bridgehead atoms. The Bertz CT molecular complexity index is 582. The lowest BCUT2D eigenvalue weighted by molar-refractivity contribution is 0.423. The van der Waals surface area contributed by atoms with Gasteiger partial charge in [-0.1, -0.05) is 50.2 Å². The van der Waals surface area contributed by atoms with Crippen LogP contribution in [0.4, 0.5) is 4.39 Å². The number of benzene rings is 2. The number of hydrogen-bond acceptors (Lipinski definition) is 2. The van der Waals surface area contributed by atoms with E-state index in [1.54, 1.807) is 6.07 Å². The molecule has 0 amide bonds. The van der Waals surface area contributed by atoms with Crippen LogP contribution in [0.15, 0.2) is 42.5 Å². The van der Waals surface area contributed by atoms with Crippen molar-refractivity contribution >= 4 is 12.6 Å². The summed E-state index contributed by atoms with van der Waals surface area (Å²) in [6.07, 6.45) is 0. The fourth-order valence-corrected chi connectivity index (χ4v) is 1.99. The summed E-state index contributed by atoms with van der Waals surface area (Å²) in [4.78, 5) is 0. The van der Waals surface area contributed by atoms with Crippen molar-refractivity contribution in [3.8, 4) is 11.1 Å². The van der Waals surface area contributed by atoms with Crippen molar-refractivity contribution in [2.45, 2.75) is 19.8 Å². The molecule has 0 unspecified atom stereocenters. The predicted octanol–water partition coefficient (Wildman–Crippen LogP) is 2.30. The topological polar surface area (TPSA) is 40.5 Å². The molecule has 2 N–H and O–H groups in total. The van der Waals surface area contributed by atoms with E-state index in [1.807, 2.05) is 24.3 Å². The Morgan fingerprint density at radius 3 is 2.26 bits per heavy atom. The van der Waals surface area contributed by atoms with Gasteiger partial charge in [-0.05, 0) is 28.7 Å². The first-order valence-corrected chi connectivity index (χ1v) is 6.25. The third-order valence-corrected chi connectivity index (χ3v) is 3.17. The van der Waals surface area contributed by atoms with Crippen LogP contribution in [0, 0.1) is 5.82 Å². The standard InChI is InChI=1S/C15H16BFO2/c1-10(2)11-4-3-5-12(8-11)13-6-7-14(16(18)19)15(17)9-13/h3-10,18-19H,1-2H3. The molecule has 0 aliphatic heterocycles. The van der Waals surface area contributed by atoms with E-state index in [-0.39, 0.29) is 5.46 Å². The van der Waals surface area contributed by atoms with Crippen molar-refractivity contribution in [1.82, 2.24) is 0 Å². The van der Waals surface area contributed by atoms with E-state index in [9.17, 15) is 4.39 Å². The number of rotatable bonds is 3. The lowest BCUT2D eigenvalue weighted by atomic mass is 9.79. The van der Waals surface area contributed by atoms with Gasteiger partial charge in [0.15, 0.2) is 0 Å². The average Bonchev–Trinajstić information content (AvgIpc) is 2.38. The van der Waals surface area contributed by atoms with Gasteiger partial charge in [0.25, 0.3) is 0 Å². The second-order valence-electron chi connectivity index (χ2n) is 4.89. The van der Waals surface area contributed by atoms with Crippen LogP contribution in [-0.4, -0.2) is 17.2 Å². The smallest absolute Gasteiger partial charge is 0.423 e. The second-order valence-corrected chi connectivity index (χ2v) is 4.89. The van der Waals surface area contributed by atoms with Crippen LogP contribution in [0.3, 0.4) is 0 Å². The second kappa shape index (κ2) is 5.55. The van der Waals surface area contributed by atoms with Gasteiger partial charge in [-0.2, -0.15) is 0 Å². The summed E-state index contributed by atoms with van der Waals surface area (Å²) in [7, 11) is -1.78. The minimum atomic E-state index is -1.78. The monoisotopic (exact) mass is 258 g/mol. The molecule has 2 rings (SSSR count). The first kappa shape index (κ1) is 13.8. The molecule has 0 spiro atoms. The molecule has 0 aliphatic carbocycles. The first-order chi connectivity index (χ1) is 8.99. The van der Waals surface area contributed by atoms with E-state index in [0.717, 1.165) is 11.1 Å². The van der Waals surface area contributed by atoms with Crippen molar-refractivity contribution in [3.05, 3.63) is 53.8 Å². The molecule has 2 aromatic rings. The first-order valence-electron chi connectivity index (χ1n) is 6.25. The van der Waals surface area contributed by atoms with Crippen LogP contribution < -0.4 is 5.46 Å². The molecule has 0 saturated heterocycles. The summed E-state index contributed by atoms with van der Waals surface area (Å²) >= 11 is 0. The summed E-state index contributed by atoms with van der Waals surface area (Å²) < 4.78 is 13.7. The van der Waals surface area contributed by atoms with Crippen LogP contribution in [0.1, 0.15) is 25.3 Å². The maximum Gasteiger partial charge on any atom is 0.491 e. The molecule has 0 radical (unpaired) electrons. The largest absolute Gasteiger partial charge is 0.491 e. The van der Waals surface area contributed by atoms with Crippen molar-refractivity contribution in [2.75, 3.05) is 0 Å². The summed E-state index contributed by atoms with van der Waals surface area (Å²) in [5.41, 5.74) is 2.72. The lowest BCUT2D eigenvalue weighted by Gasteiger charge is -2.09. The van der Waals surface area contributed by atoms with Gasteiger partial charge in [-0.15, -0.1) is 0 Å². The van der Waals surface area contributed by atoms with Gasteiger partial charge in [0, 0.05) is 5.46 Å². The Labute approximate surface area is 112 Å². The van der Waals surface area contributed by atoms with E-state index >= 15 is 0 Å². The van der Waals surface area contributed by atoms with E-state index in [4.69, 9.17) is 10.0 Å². The lowest BCUT2D eigenvalue weighted by Crippen LogP contribution is -2.32. The predicted molar refractivity (Wildman–Crippen MR) is 75.8 cm³/mol. The van der Waals surface area contributed by atoms with Gasteiger partial charge >= 0.3 is 7.12 Å². The minimum Gasteiger partial charge on any atom is -0.423 e. The molecular weight excluding hydrogens is 242 g/mol. The quantitative estimate of drug-likeness (QED) is 0.829. The zero-order valence-corrected chi connectivity index (χ0v) is 11.0. The molecule has 0 saturated carbocycles. The van der Waals surface area contributed by atoms with Crippen LogP contribution >= 0.6 is 0 Å². The zero-order valence-electron chi connectivity index (χ0n) is 11.0. The van der Waals surface area contributed by atoms with Crippen molar-refractivity contribution in [3.63, 3.8) is 0 Å². The molecule has 4 heteroatoms. The van der Waals surface area contributed by atoms with Crippen molar-refractivity contribution < 1.29 is 14.4 Å². The van der Waals surface area contributed by atoms with Gasteiger partial charge < -0.3 is 10.0 Å². The molecule has 2 aromatic carbocycles. The molecular formula is C15H16BFO2. The Balaban J connectivity index is 2.42. The molecule has 0 heterocycles. The molecule has 19 heavy (non-hydrogen) atoms. The maximum absolute atomic E-state index is 13.7. The van der Waals surface area contributed by atoms with Crippen molar-refractivity contribution in [1.29, 1.82) is 0 Å². The minimum absolute atomic E-state index is 0.108. The molecule has 0 fully saturated rings. The summed E-state index contributed by atoms with van der Waals surface area (Å²) in [6.45, 7) is 4.20. The Morgan fingerprint density at radius 2 is 1.68 bits per heavy atom. The van der Waals surface area contributed by atoms with Gasteiger partial charge in [-0.3, -0.25) is 0 Å². The van der Waals surface area contributed by atoms with E-state index in [2.05, 4.69) is 13.8 Å². The van der Waals surface area contributed by atoms with Gasteiger partial charge in [-0.25, -0.2) is 4.39 Å². The number of halogens is 1. The third-order valence-electron chi connectivity index (χ3n) is 3.17. The summed E-state index contributed by atoms with van der Waals surface area (Å²) in [5, 5.41) is 18.0. The summed E-state index contributed by atoms with van der Waals surface area (Å²) in [6, 6.07) is 12.3. The SMILES string of the molecule is CC(C)c1cccc(-c2ccc(B(O)O)c(F)c2)c1. The zero-order chi connectivity index (χ0) is 14.0. The Hall–Kier alpha value is -1.65. The Kier molecular flexibility index (Phi) is 4.03. The van der Waals surface area contributed by atoms with Gasteiger partial charge in [0.1, 0.15) is 5.82 Å². The highest BCUT2D eigenvalue weighted by Gasteiger charge is 2.16. The van der Waals surface area contributed by atoms with Crippen LogP contribution in [-0.2, 0) is 0 Å². The highest BCUT2D eigenvalue weighted by atomic mass is 19.1. The summed E-state index contributed by atoms with van der Waals surface area (Å²) in [5.74, 6) is -0.203. The molecule has 0 aliphatic rings. The van der Waals surface area contributed by atoms with E-state index in [1.165, 1.54) is 17.7 Å². The van der Waals surface area contributed by atoms with Crippen molar-refractivity contribution in [2.24, 2.45) is 0 Å². The molecule has 98 valence electrons. The van der Waals surface area contributed by atoms with Gasteiger partial charge in [0.05, 0.1) is 0 Å². The normalized spacial score (nSPS) is 10.8. The fraction of sp³-hybridized carbons (Fsp3) is 0.200. The van der Waals surface area contributed by atoms with E-state index < -0.39 is 12.9 Å². The number of hydrogen-bond donors (Lipinski definition) is 2. The van der Waals surface area contributed by atoms with Crippen LogP contribution in [0.2, 0.25) is 0 Å². The highest BCUT2D eigenvalue weighted by Crippen LogP contribution is 2.24. The third kappa shape index (κ3) is 3.03. The molecule has 0 atom stereocenters. The average molecular weight is 258 g/mol. The van der Waals surface area contributed by atoms with Crippen LogP contribution in [0.25, 0.3) is 11.1 Å². The maximum atomic E-state index is 13.7. The molecule has 2 nitrogen and oxygen atoms in total.